The molecule has 10 nitrogen and oxygen atoms in total. The summed E-state index contributed by atoms with van der Waals surface area (Å²) in [5.41, 5.74) is 0.311. The van der Waals surface area contributed by atoms with Gasteiger partial charge < -0.3 is 25.6 Å². The molecule has 236 valence electrons. The maximum absolute atomic E-state index is 14.7. The van der Waals surface area contributed by atoms with Crippen LogP contribution in [0.1, 0.15) is 53.0 Å². The minimum absolute atomic E-state index is 0.0481. The number of aliphatic hydroxyl groups is 1. The van der Waals surface area contributed by atoms with Crippen LogP contribution in [-0.4, -0.2) is 58.0 Å². The number of primary amides is 1. The van der Waals surface area contributed by atoms with Crippen molar-refractivity contribution in [1.82, 2.24) is 19.9 Å². The lowest BCUT2D eigenvalue weighted by Gasteiger charge is -2.31. The summed E-state index contributed by atoms with van der Waals surface area (Å²) in [7, 11) is 1.39. The van der Waals surface area contributed by atoms with Gasteiger partial charge in [0, 0.05) is 23.2 Å². The predicted octanol–water partition coefficient (Wildman–Crippen LogP) is 4.39. The molecule has 0 radical (unpaired) electrons. The van der Waals surface area contributed by atoms with Gasteiger partial charge in [0.2, 0.25) is 11.5 Å². The first-order valence-electron chi connectivity index (χ1n) is 13.7. The Morgan fingerprint density at radius 2 is 1.98 bits per heavy atom. The van der Waals surface area contributed by atoms with Crippen molar-refractivity contribution < 1.29 is 41.7 Å². The molecule has 6 rings (SSSR count). The van der Waals surface area contributed by atoms with E-state index in [4.69, 9.17) is 26.8 Å². The van der Waals surface area contributed by atoms with Crippen LogP contribution in [0.15, 0.2) is 42.6 Å². The summed E-state index contributed by atoms with van der Waals surface area (Å²) >= 11 is 5.93. The van der Waals surface area contributed by atoms with Crippen LogP contribution >= 0.6 is 11.6 Å². The first-order valence-corrected chi connectivity index (χ1v) is 14.1. The topological polar surface area (TPSA) is 141 Å². The van der Waals surface area contributed by atoms with E-state index in [0.29, 0.717) is 11.4 Å². The van der Waals surface area contributed by atoms with Crippen LogP contribution in [-0.2, 0) is 15.8 Å². The van der Waals surface area contributed by atoms with Crippen molar-refractivity contribution in [2.75, 3.05) is 20.3 Å². The molecule has 2 aliphatic rings. The lowest BCUT2D eigenvalue weighted by Crippen LogP contribution is -2.51. The third-order valence-electron chi connectivity index (χ3n) is 8.24. The van der Waals surface area contributed by atoms with E-state index in [1.54, 1.807) is 0 Å². The smallest absolute Gasteiger partial charge is 0.424 e. The number of carbonyl (C=O) groups is 2. The number of carbonyl (C=O) groups excluding carboxylic acids is 2. The lowest BCUT2D eigenvalue weighted by molar-refractivity contribution is -0.265. The number of rotatable bonds is 8. The molecule has 1 unspecified atom stereocenters. The lowest BCUT2D eigenvalue weighted by atomic mass is 9.81. The van der Waals surface area contributed by atoms with Crippen LogP contribution in [0, 0.1) is 5.82 Å². The monoisotopic (exact) mass is 647 g/mol. The second-order valence-corrected chi connectivity index (χ2v) is 11.8. The maximum Gasteiger partial charge on any atom is 0.424 e. The minimum Gasteiger partial charge on any atom is -0.494 e. The van der Waals surface area contributed by atoms with Crippen molar-refractivity contribution in [2.45, 2.75) is 42.9 Å². The third-order valence-corrected chi connectivity index (χ3v) is 8.53. The van der Waals surface area contributed by atoms with Gasteiger partial charge in [-0.25, -0.2) is 13.9 Å². The number of pyridine rings is 2. The van der Waals surface area contributed by atoms with Crippen LogP contribution in [0.4, 0.5) is 17.6 Å². The van der Waals surface area contributed by atoms with Crippen molar-refractivity contribution in [3.63, 3.8) is 0 Å². The summed E-state index contributed by atoms with van der Waals surface area (Å²) in [4.78, 5) is 29.7. The van der Waals surface area contributed by atoms with Gasteiger partial charge in [-0.05, 0) is 56.2 Å². The summed E-state index contributed by atoms with van der Waals surface area (Å²) in [6, 6.07) is 7.37. The van der Waals surface area contributed by atoms with E-state index in [1.807, 2.05) is 6.07 Å². The number of nitrogens with two attached hydrogens (primary N) is 1. The van der Waals surface area contributed by atoms with Gasteiger partial charge in [0.15, 0.2) is 0 Å². The molecule has 1 aliphatic carbocycles. The quantitative estimate of drug-likeness (QED) is 0.241. The van der Waals surface area contributed by atoms with E-state index < -0.39 is 47.1 Å². The normalized spacial score (nSPS) is 19.1. The fourth-order valence-corrected chi connectivity index (χ4v) is 5.41. The molecule has 2 atom stereocenters. The number of benzene rings is 1. The van der Waals surface area contributed by atoms with Gasteiger partial charge >= 0.3 is 6.18 Å². The van der Waals surface area contributed by atoms with Crippen LogP contribution in [0.25, 0.3) is 16.8 Å². The molecule has 4 heterocycles. The molecule has 1 fully saturated rings. The number of nitrogens with one attached hydrogen (secondary N) is 1. The Bertz CT molecular complexity index is 1880. The molecule has 3 aromatic heterocycles. The number of ether oxygens (including phenoxy) is 2. The van der Waals surface area contributed by atoms with E-state index in [-0.39, 0.29) is 45.5 Å². The van der Waals surface area contributed by atoms with Crippen molar-refractivity contribution in [1.29, 1.82) is 0 Å². The zero-order valence-corrected chi connectivity index (χ0v) is 24.6. The summed E-state index contributed by atoms with van der Waals surface area (Å²) in [6.07, 6.45) is -2.07. The Balaban J connectivity index is 1.41. The molecular formula is C30H26ClF4N5O5. The second kappa shape index (κ2) is 10.6. The van der Waals surface area contributed by atoms with Gasteiger partial charge in [-0.2, -0.15) is 18.3 Å². The number of amides is 2. The number of fused-ring (bicyclic) bond motifs is 2. The molecule has 4 N–H and O–H groups in total. The Hall–Kier alpha value is -4.43. The number of methoxy groups -OCH3 is 1. The second-order valence-electron chi connectivity index (χ2n) is 11.4. The van der Waals surface area contributed by atoms with Gasteiger partial charge in [0.25, 0.3) is 5.91 Å². The molecule has 0 bridgehead atoms. The molecule has 1 aliphatic heterocycles. The Morgan fingerprint density at radius 1 is 1.24 bits per heavy atom. The molecule has 1 saturated carbocycles. The average molecular weight is 648 g/mol. The fourth-order valence-electron chi connectivity index (χ4n) is 5.23. The SMILES string of the molecule is COc1cc(C(=O)NCC(O)(c2cc3c(c(-c4ccc(F)c(Cl)c4)n2)OC[C@]3(C)C(N)=O)C(F)(F)F)cn2nc(C3CC3)cc12. The molecule has 45 heavy (non-hydrogen) atoms. The van der Waals surface area contributed by atoms with Crippen LogP contribution in [0.2, 0.25) is 5.02 Å². The van der Waals surface area contributed by atoms with Gasteiger partial charge in [0.05, 0.1) is 35.6 Å². The minimum atomic E-state index is -5.38. The zero-order chi connectivity index (χ0) is 32.5. The standard InChI is InChI=1S/C30H26ClF4N5O5/c1-28(27(36)42)13-45-25-17(28)9-23(38-24(25)15-5-6-19(32)18(31)7-15)29(43,30(33,34)35)12-37-26(41)16-8-22(44-2)21-10-20(14-3-4-14)39-40(21)11-16/h5-11,14,43H,3-4,12-13H2,1-2H3,(H2,36,42)(H,37,41)/t28-,29?/m0/s1. The maximum atomic E-state index is 14.7. The van der Waals surface area contributed by atoms with Crippen molar-refractivity contribution in [3.05, 3.63) is 75.9 Å². The number of aromatic nitrogens is 3. The molecule has 4 aromatic rings. The molecule has 1 aromatic carbocycles. The highest BCUT2D eigenvalue weighted by molar-refractivity contribution is 6.31. The van der Waals surface area contributed by atoms with Gasteiger partial charge in [-0.15, -0.1) is 0 Å². The van der Waals surface area contributed by atoms with Crippen LogP contribution in [0.5, 0.6) is 11.5 Å². The summed E-state index contributed by atoms with van der Waals surface area (Å²) < 4.78 is 70.6. The number of alkyl halides is 3. The zero-order valence-electron chi connectivity index (χ0n) is 23.8. The Morgan fingerprint density at radius 3 is 2.60 bits per heavy atom. The van der Waals surface area contributed by atoms with Gasteiger partial charge in [-0.3, -0.25) is 9.59 Å². The Labute approximate surface area is 258 Å². The fraction of sp³-hybridized carbons (Fsp3) is 0.333. The van der Waals surface area contributed by atoms with Crippen molar-refractivity contribution >= 4 is 28.9 Å². The van der Waals surface area contributed by atoms with E-state index in [2.05, 4.69) is 15.4 Å². The first kappa shape index (κ1) is 30.6. The molecule has 0 saturated heterocycles. The largest absolute Gasteiger partial charge is 0.494 e. The molecule has 2 amide bonds. The van der Waals surface area contributed by atoms with Gasteiger partial charge in [-0.1, -0.05) is 11.6 Å². The van der Waals surface area contributed by atoms with Gasteiger partial charge in [0.1, 0.15) is 40.5 Å². The molecule has 15 heteroatoms. The Kier molecular flexibility index (Phi) is 7.20. The van der Waals surface area contributed by atoms with Crippen LogP contribution < -0.4 is 20.5 Å². The van der Waals surface area contributed by atoms with E-state index >= 15 is 0 Å². The highest BCUT2D eigenvalue weighted by Gasteiger charge is 2.57. The first-order chi connectivity index (χ1) is 21.2. The third kappa shape index (κ3) is 5.11. The number of hydrogen-bond donors (Lipinski definition) is 3. The summed E-state index contributed by atoms with van der Waals surface area (Å²) in [5.74, 6) is -2.16. The summed E-state index contributed by atoms with van der Waals surface area (Å²) in [5, 5.41) is 17.5. The molecule has 0 spiro atoms. The highest BCUT2D eigenvalue weighted by atomic mass is 35.5. The number of nitrogens with zero attached hydrogens (tertiary/aromatic N) is 3. The highest BCUT2D eigenvalue weighted by Crippen LogP contribution is 2.48. The van der Waals surface area contributed by atoms with E-state index in [1.165, 1.54) is 36.9 Å². The van der Waals surface area contributed by atoms with Crippen LogP contribution in [0.3, 0.4) is 0 Å². The van der Waals surface area contributed by atoms with Crippen molar-refractivity contribution in [3.8, 4) is 22.8 Å². The number of hydrogen-bond acceptors (Lipinski definition) is 7. The van der Waals surface area contributed by atoms with E-state index in [0.717, 1.165) is 36.7 Å². The number of halogens is 5. The summed E-state index contributed by atoms with van der Waals surface area (Å²) in [6.45, 7) is -0.327. The van der Waals surface area contributed by atoms with Crippen molar-refractivity contribution in [2.24, 2.45) is 5.73 Å². The average Bonchev–Trinajstić information content (AvgIpc) is 3.66. The molecular weight excluding hydrogens is 622 g/mol. The predicted molar refractivity (Wildman–Crippen MR) is 153 cm³/mol. The van der Waals surface area contributed by atoms with E-state index in [9.17, 15) is 32.3 Å².